The fourth-order valence-electron chi connectivity index (χ4n) is 2.50. The average Bonchev–Trinajstić information content (AvgIpc) is 2.94. The van der Waals surface area contributed by atoms with Crippen molar-refractivity contribution in [3.63, 3.8) is 0 Å². The average molecular weight is 368 g/mol. The minimum atomic E-state index is -3.15. The number of nitrogens with zero attached hydrogens (tertiary/aromatic N) is 1. The molecule has 1 aromatic carbocycles. The molecular weight excluding hydrogens is 348 g/mol. The maximum Gasteiger partial charge on any atom is 0.338 e. The summed E-state index contributed by atoms with van der Waals surface area (Å²) in [7, 11) is -1.73. The number of sulfone groups is 1. The predicted molar refractivity (Wildman–Crippen MR) is 90.9 cm³/mol. The van der Waals surface area contributed by atoms with Crippen molar-refractivity contribution in [3.05, 3.63) is 29.8 Å². The highest BCUT2D eigenvalue weighted by Crippen LogP contribution is 2.17. The second-order valence-corrected chi connectivity index (χ2v) is 7.95. The molecule has 1 aromatic rings. The molecule has 0 radical (unpaired) electrons. The van der Waals surface area contributed by atoms with Gasteiger partial charge in [0.25, 0.3) is 0 Å². The summed E-state index contributed by atoms with van der Waals surface area (Å²) in [5, 5.41) is 2.43. The fourth-order valence-corrected chi connectivity index (χ4v) is 4.27. The van der Waals surface area contributed by atoms with E-state index in [1.165, 1.54) is 31.3 Å². The van der Waals surface area contributed by atoms with Crippen LogP contribution in [0.15, 0.2) is 24.3 Å². The summed E-state index contributed by atoms with van der Waals surface area (Å²) in [6.07, 6.45) is 0.325. The van der Waals surface area contributed by atoms with Crippen molar-refractivity contribution < 1.29 is 27.5 Å². The van der Waals surface area contributed by atoms with E-state index in [1.54, 1.807) is 6.92 Å². The lowest BCUT2D eigenvalue weighted by Gasteiger charge is -2.22. The molecule has 0 spiro atoms. The molecule has 1 unspecified atom stereocenters. The number of amides is 2. The number of hydrogen-bond acceptors (Lipinski definition) is 6. The summed E-state index contributed by atoms with van der Waals surface area (Å²) in [5.41, 5.74) is 0.679. The van der Waals surface area contributed by atoms with Crippen molar-refractivity contribution >= 4 is 33.3 Å². The summed E-state index contributed by atoms with van der Waals surface area (Å²) in [6.45, 7) is 1.96. The standard InChI is InChI=1S/C16H20N2O6S/c1-3-24-16(21)11-4-6-12(7-5-11)17-14(19)15(20)18(2)13-8-9-25(22,23)10-13/h4-7,13H,3,8-10H2,1-2H3,(H,17,19). The molecule has 136 valence electrons. The van der Waals surface area contributed by atoms with Gasteiger partial charge in [0, 0.05) is 18.8 Å². The molecule has 0 bridgehead atoms. The Labute approximate surface area is 146 Å². The second-order valence-electron chi connectivity index (χ2n) is 5.72. The van der Waals surface area contributed by atoms with Gasteiger partial charge >= 0.3 is 17.8 Å². The van der Waals surface area contributed by atoms with Gasteiger partial charge in [0.1, 0.15) is 0 Å². The number of hydrogen-bond donors (Lipinski definition) is 1. The first-order valence-corrected chi connectivity index (χ1v) is 9.61. The van der Waals surface area contributed by atoms with E-state index in [4.69, 9.17) is 4.74 Å². The van der Waals surface area contributed by atoms with E-state index in [1.807, 2.05) is 0 Å². The molecule has 2 rings (SSSR count). The molecule has 1 aliphatic rings. The SMILES string of the molecule is CCOC(=O)c1ccc(NC(=O)C(=O)N(C)C2CCS(=O)(=O)C2)cc1. The number of anilines is 1. The van der Waals surface area contributed by atoms with Crippen LogP contribution in [0.2, 0.25) is 0 Å². The van der Waals surface area contributed by atoms with Gasteiger partial charge in [0.05, 0.1) is 23.7 Å². The smallest absolute Gasteiger partial charge is 0.338 e. The number of nitrogens with one attached hydrogen (secondary N) is 1. The first-order valence-electron chi connectivity index (χ1n) is 7.79. The van der Waals surface area contributed by atoms with Crippen LogP contribution in [0.25, 0.3) is 0 Å². The minimum absolute atomic E-state index is 0.0201. The Morgan fingerprint density at radius 3 is 2.40 bits per heavy atom. The van der Waals surface area contributed by atoms with Crippen LogP contribution < -0.4 is 5.32 Å². The van der Waals surface area contributed by atoms with E-state index < -0.39 is 33.7 Å². The lowest BCUT2D eigenvalue weighted by atomic mass is 10.2. The number of ether oxygens (including phenoxy) is 1. The van der Waals surface area contributed by atoms with Gasteiger partial charge in [-0.3, -0.25) is 9.59 Å². The van der Waals surface area contributed by atoms with Crippen LogP contribution in [0.4, 0.5) is 5.69 Å². The van der Waals surface area contributed by atoms with Crippen LogP contribution in [-0.4, -0.2) is 62.3 Å². The largest absolute Gasteiger partial charge is 0.462 e. The quantitative estimate of drug-likeness (QED) is 0.610. The molecule has 1 N–H and O–H groups in total. The van der Waals surface area contributed by atoms with Gasteiger partial charge in [0.2, 0.25) is 0 Å². The number of likely N-dealkylation sites (N-methyl/N-ethyl adjacent to an activating group) is 1. The molecule has 9 heteroatoms. The van der Waals surface area contributed by atoms with Gasteiger partial charge in [-0.15, -0.1) is 0 Å². The number of carbonyl (C=O) groups excluding carboxylic acids is 3. The molecule has 8 nitrogen and oxygen atoms in total. The Balaban J connectivity index is 1.97. The van der Waals surface area contributed by atoms with E-state index in [0.717, 1.165) is 4.90 Å². The first-order chi connectivity index (χ1) is 11.7. The predicted octanol–water partition coefficient (Wildman–Crippen LogP) is 0.447. The van der Waals surface area contributed by atoms with Crippen molar-refractivity contribution in [1.82, 2.24) is 4.90 Å². The van der Waals surface area contributed by atoms with Crippen molar-refractivity contribution in [2.45, 2.75) is 19.4 Å². The molecule has 0 aromatic heterocycles. The fraction of sp³-hybridized carbons (Fsp3) is 0.438. The van der Waals surface area contributed by atoms with Gasteiger partial charge in [-0.1, -0.05) is 0 Å². The Morgan fingerprint density at radius 1 is 1.24 bits per heavy atom. The lowest BCUT2D eigenvalue weighted by Crippen LogP contribution is -2.43. The van der Waals surface area contributed by atoms with Crippen molar-refractivity contribution in [3.8, 4) is 0 Å². The van der Waals surface area contributed by atoms with Crippen LogP contribution in [0.1, 0.15) is 23.7 Å². The number of rotatable bonds is 4. The maximum atomic E-state index is 12.2. The Kier molecular flexibility index (Phi) is 5.78. The van der Waals surface area contributed by atoms with Gasteiger partial charge in [-0.2, -0.15) is 0 Å². The number of benzene rings is 1. The van der Waals surface area contributed by atoms with E-state index in [2.05, 4.69) is 5.32 Å². The molecule has 0 aliphatic carbocycles. The summed E-state index contributed by atoms with van der Waals surface area (Å²) < 4.78 is 27.8. The second kappa shape index (κ2) is 7.64. The summed E-state index contributed by atoms with van der Waals surface area (Å²) in [4.78, 5) is 36.9. The lowest BCUT2D eigenvalue weighted by molar-refractivity contribution is -0.143. The van der Waals surface area contributed by atoms with Crippen molar-refractivity contribution in [2.75, 3.05) is 30.5 Å². The summed E-state index contributed by atoms with van der Waals surface area (Å²) in [6, 6.07) is 5.43. The van der Waals surface area contributed by atoms with Crippen LogP contribution in [0.3, 0.4) is 0 Å². The third kappa shape index (κ3) is 4.79. The van der Waals surface area contributed by atoms with Crippen molar-refractivity contribution in [1.29, 1.82) is 0 Å². The van der Waals surface area contributed by atoms with Crippen molar-refractivity contribution in [2.24, 2.45) is 0 Å². The minimum Gasteiger partial charge on any atom is -0.462 e. The molecule has 1 fully saturated rings. The highest BCUT2D eigenvalue weighted by atomic mass is 32.2. The van der Waals surface area contributed by atoms with E-state index in [-0.39, 0.29) is 18.1 Å². The molecule has 0 saturated carbocycles. The highest BCUT2D eigenvalue weighted by Gasteiger charge is 2.34. The highest BCUT2D eigenvalue weighted by molar-refractivity contribution is 7.91. The summed E-state index contributed by atoms with van der Waals surface area (Å²) >= 11 is 0. The molecule has 1 heterocycles. The topological polar surface area (TPSA) is 110 Å². The third-order valence-electron chi connectivity index (χ3n) is 3.92. The Morgan fingerprint density at radius 2 is 1.88 bits per heavy atom. The molecule has 25 heavy (non-hydrogen) atoms. The molecule has 1 atom stereocenters. The zero-order chi connectivity index (χ0) is 18.6. The van der Waals surface area contributed by atoms with E-state index >= 15 is 0 Å². The Bertz CT molecular complexity index is 772. The zero-order valence-corrected chi connectivity index (χ0v) is 14.8. The van der Waals surface area contributed by atoms with Gasteiger partial charge in [-0.05, 0) is 37.6 Å². The summed E-state index contributed by atoms with van der Waals surface area (Å²) in [5.74, 6) is -2.26. The molecule has 1 saturated heterocycles. The van der Waals surface area contributed by atoms with Crippen LogP contribution in [0.5, 0.6) is 0 Å². The molecular formula is C16H20N2O6S. The van der Waals surface area contributed by atoms with Gasteiger partial charge in [-0.25, -0.2) is 13.2 Å². The zero-order valence-electron chi connectivity index (χ0n) is 14.0. The van der Waals surface area contributed by atoms with Gasteiger partial charge in [0.15, 0.2) is 9.84 Å². The molecule has 1 aliphatic heterocycles. The van der Waals surface area contributed by atoms with Crippen LogP contribution in [-0.2, 0) is 24.2 Å². The number of esters is 1. The Hall–Kier alpha value is -2.42. The van der Waals surface area contributed by atoms with Crippen LogP contribution in [0, 0.1) is 0 Å². The van der Waals surface area contributed by atoms with E-state index in [9.17, 15) is 22.8 Å². The molecule has 2 amide bonds. The van der Waals surface area contributed by atoms with Crippen LogP contribution >= 0.6 is 0 Å². The number of carbonyl (C=O) groups is 3. The van der Waals surface area contributed by atoms with E-state index in [0.29, 0.717) is 17.7 Å². The maximum absolute atomic E-state index is 12.2. The normalized spacial score (nSPS) is 18.4. The third-order valence-corrected chi connectivity index (χ3v) is 5.67. The van der Waals surface area contributed by atoms with Gasteiger partial charge < -0.3 is 15.0 Å². The monoisotopic (exact) mass is 368 g/mol. The first kappa shape index (κ1) is 18.9.